The number of hydrogen-bond donors (Lipinski definition) is 1. The third-order valence-corrected chi connectivity index (χ3v) is 6.28. The lowest BCUT2D eigenvalue weighted by molar-refractivity contribution is -0.137. The summed E-state index contributed by atoms with van der Waals surface area (Å²) in [7, 11) is 0. The molecule has 0 bridgehead atoms. The van der Waals surface area contributed by atoms with Gasteiger partial charge in [-0.3, -0.25) is 14.2 Å². The van der Waals surface area contributed by atoms with E-state index >= 15 is 0 Å². The highest BCUT2D eigenvalue weighted by Crippen LogP contribution is 2.30. The van der Waals surface area contributed by atoms with E-state index in [1.807, 2.05) is 18.2 Å². The Hall–Kier alpha value is -3.72. The van der Waals surface area contributed by atoms with Crippen LogP contribution in [0.3, 0.4) is 0 Å². The van der Waals surface area contributed by atoms with Gasteiger partial charge in [-0.15, -0.1) is 0 Å². The Labute approximate surface area is 197 Å². The first-order chi connectivity index (χ1) is 16.2. The number of aromatic nitrogens is 2. The molecule has 1 N–H and O–H groups in total. The predicted octanol–water partition coefficient (Wildman–Crippen LogP) is 5.27. The smallest absolute Gasteiger partial charge is 0.334 e. The van der Waals surface area contributed by atoms with Crippen LogP contribution in [0.15, 0.2) is 71.5 Å². The van der Waals surface area contributed by atoms with Gasteiger partial charge in [0.25, 0.3) is 11.5 Å². The maximum Gasteiger partial charge on any atom is 0.416 e. The molecule has 0 radical (unpaired) electrons. The number of amides is 1. The molecule has 0 saturated heterocycles. The van der Waals surface area contributed by atoms with Crippen LogP contribution in [0, 0.1) is 4.77 Å². The van der Waals surface area contributed by atoms with Crippen molar-refractivity contribution in [1.29, 1.82) is 0 Å². The second-order valence-corrected chi connectivity index (χ2v) is 8.51. The Morgan fingerprint density at radius 1 is 0.971 bits per heavy atom. The minimum Gasteiger partial charge on any atom is -0.334 e. The number of nitrogens with one attached hydrogen (secondary N) is 1. The van der Waals surface area contributed by atoms with Crippen LogP contribution < -0.4 is 5.56 Å². The van der Waals surface area contributed by atoms with E-state index in [2.05, 4.69) is 11.1 Å². The number of hydrogen-bond acceptors (Lipinski definition) is 3. The number of carbonyl (C=O) groups excluding carboxylic acids is 1. The van der Waals surface area contributed by atoms with Crippen LogP contribution >= 0.6 is 12.2 Å². The van der Waals surface area contributed by atoms with E-state index in [0.29, 0.717) is 24.2 Å². The van der Waals surface area contributed by atoms with Crippen molar-refractivity contribution in [3.8, 4) is 5.69 Å². The van der Waals surface area contributed by atoms with Crippen molar-refractivity contribution in [2.45, 2.75) is 19.1 Å². The average Bonchev–Trinajstić information content (AvgIpc) is 2.82. The van der Waals surface area contributed by atoms with E-state index in [9.17, 15) is 22.8 Å². The quantitative estimate of drug-likeness (QED) is 0.397. The summed E-state index contributed by atoms with van der Waals surface area (Å²) in [6.45, 7) is 1.08. The molecular weight excluding hydrogens is 463 g/mol. The van der Waals surface area contributed by atoms with Crippen LogP contribution in [0.1, 0.15) is 27.0 Å². The number of fused-ring (bicyclic) bond motifs is 2. The van der Waals surface area contributed by atoms with Crippen LogP contribution in [0.2, 0.25) is 0 Å². The molecule has 5 rings (SSSR count). The summed E-state index contributed by atoms with van der Waals surface area (Å²) >= 11 is 5.29. The Kier molecular flexibility index (Phi) is 5.36. The average molecular weight is 481 g/mol. The van der Waals surface area contributed by atoms with Crippen LogP contribution in [0.25, 0.3) is 16.6 Å². The molecule has 2 heterocycles. The zero-order valence-electron chi connectivity index (χ0n) is 17.7. The van der Waals surface area contributed by atoms with E-state index in [4.69, 9.17) is 12.2 Å². The molecule has 34 heavy (non-hydrogen) atoms. The molecule has 1 aromatic heterocycles. The SMILES string of the molecule is O=C(c1ccc2c(=O)n(-c3cccc(C(F)(F)F)c3)c(=S)[nH]c2c1)N1CCc2ccccc2C1. The highest BCUT2D eigenvalue weighted by Gasteiger charge is 2.30. The van der Waals surface area contributed by atoms with Gasteiger partial charge >= 0.3 is 6.18 Å². The fraction of sp³-hybridized carbons (Fsp3) is 0.160. The van der Waals surface area contributed by atoms with Crippen molar-refractivity contribution in [3.05, 3.63) is 104 Å². The van der Waals surface area contributed by atoms with Gasteiger partial charge in [0, 0.05) is 18.7 Å². The molecule has 0 unspecified atom stereocenters. The van der Waals surface area contributed by atoms with E-state index < -0.39 is 17.3 Å². The highest BCUT2D eigenvalue weighted by molar-refractivity contribution is 7.71. The fourth-order valence-corrected chi connectivity index (χ4v) is 4.56. The van der Waals surface area contributed by atoms with Gasteiger partial charge in [0.2, 0.25) is 0 Å². The van der Waals surface area contributed by atoms with Crippen molar-refractivity contribution in [2.75, 3.05) is 6.54 Å². The molecule has 3 aromatic carbocycles. The molecule has 0 atom stereocenters. The summed E-state index contributed by atoms with van der Waals surface area (Å²) < 4.78 is 40.4. The first-order valence-corrected chi connectivity index (χ1v) is 11.0. The Bertz CT molecular complexity index is 1560. The molecular formula is C25H18F3N3O2S. The zero-order chi connectivity index (χ0) is 24.0. The Morgan fingerprint density at radius 3 is 2.50 bits per heavy atom. The number of nitrogens with zero attached hydrogens (tertiary/aromatic N) is 2. The minimum atomic E-state index is -4.55. The zero-order valence-corrected chi connectivity index (χ0v) is 18.5. The van der Waals surface area contributed by atoms with Gasteiger partial charge in [-0.1, -0.05) is 30.3 Å². The van der Waals surface area contributed by atoms with Gasteiger partial charge in [0.05, 0.1) is 22.2 Å². The van der Waals surface area contributed by atoms with E-state index in [1.165, 1.54) is 23.8 Å². The molecule has 0 aliphatic carbocycles. The summed E-state index contributed by atoms with van der Waals surface area (Å²) in [4.78, 5) is 30.9. The van der Waals surface area contributed by atoms with Gasteiger partial charge in [0.15, 0.2) is 4.77 Å². The molecule has 1 aliphatic rings. The summed E-state index contributed by atoms with van der Waals surface area (Å²) in [5.41, 5.74) is 1.64. The number of aromatic amines is 1. The van der Waals surface area contributed by atoms with Crippen LogP contribution in [-0.4, -0.2) is 26.9 Å². The van der Waals surface area contributed by atoms with Crippen molar-refractivity contribution in [1.82, 2.24) is 14.5 Å². The predicted molar refractivity (Wildman–Crippen MR) is 125 cm³/mol. The third kappa shape index (κ3) is 3.92. The summed E-state index contributed by atoms with van der Waals surface area (Å²) in [6, 6.07) is 17.0. The van der Waals surface area contributed by atoms with E-state index in [0.717, 1.165) is 28.7 Å². The van der Waals surface area contributed by atoms with Gasteiger partial charge < -0.3 is 9.88 Å². The number of halogens is 3. The van der Waals surface area contributed by atoms with Gasteiger partial charge in [-0.25, -0.2) is 0 Å². The lowest BCUT2D eigenvalue weighted by Gasteiger charge is -2.29. The number of rotatable bonds is 2. The molecule has 0 saturated carbocycles. The fourth-order valence-electron chi connectivity index (χ4n) is 4.26. The van der Waals surface area contributed by atoms with Crippen molar-refractivity contribution in [2.24, 2.45) is 0 Å². The molecule has 1 amide bonds. The minimum absolute atomic E-state index is 0.00936. The van der Waals surface area contributed by atoms with Crippen molar-refractivity contribution >= 4 is 29.0 Å². The maximum absolute atomic E-state index is 13.1. The van der Waals surface area contributed by atoms with Gasteiger partial charge in [-0.05, 0) is 66.2 Å². The van der Waals surface area contributed by atoms with Crippen LogP contribution in [-0.2, 0) is 19.1 Å². The lowest BCUT2D eigenvalue weighted by Crippen LogP contribution is -2.36. The summed E-state index contributed by atoms with van der Waals surface area (Å²) in [6.07, 6.45) is -3.79. The standard InChI is InChI=1S/C25H18F3N3O2S/c26-25(27,28)18-6-3-7-19(13-18)31-23(33)20-9-8-16(12-21(20)29-24(31)34)22(32)30-11-10-15-4-1-2-5-17(15)14-30/h1-9,12-13H,10-11,14H2,(H,29,34). The van der Waals surface area contributed by atoms with Gasteiger partial charge in [0.1, 0.15) is 0 Å². The number of alkyl halides is 3. The first-order valence-electron chi connectivity index (χ1n) is 10.6. The summed E-state index contributed by atoms with van der Waals surface area (Å²) in [5, 5.41) is 0.214. The molecule has 1 aliphatic heterocycles. The van der Waals surface area contributed by atoms with Crippen molar-refractivity contribution in [3.63, 3.8) is 0 Å². The molecule has 4 aromatic rings. The van der Waals surface area contributed by atoms with Crippen LogP contribution in [0.5, 0.6) is 0 Å². The largest absolute Gasteiger partial charge is 0.416 e. The topological polar surface area (TPSA) is 58.1 Å². The van der Waals surface area contributed by atoms with Gasteiger partial charge in [-0.2, -0.15) is 13.2 Å². The monoisotopic (exact) mass is 481 g/mol. The Morgan fingerprint density at radius 2 is 1.74 bits per heavy atom. The van der Waals surface area contributed by atoms with E-state index in [-0.39, 0.29) is 21.8 Å². The number of carbonyl (C=O) groups is 1. The molecule has 0 fully saturated rings. The van der Waals surface area contributed by atoms with Crippen LogP contribution in [0.4, 0.5) is 13.2 Å². The van der Waals surface area contributed by atoms with Crippen molar-refractivity contribution < 1.29 is 18.0 Å². The first kappa shape index (κ1) is 22.1. The molecule has 0 spiro atoms. The second-order valence-electron chi connectivity index (χ2n) is 8.12. The Balaban J connectivity index is 1.52. The highest BCUT2D eigenvalue weighted by atomic mass is 32.1. The molecule has 172 valence electrons. The maximum atomic E-state index is 13.1. The van der Waals surface area contributed by atoms with E-state index in [1.54, 1.807) is 17.0 Å². The second kappa shape index (κ2) is 8.25. The number of H-pyrrole nitrogens is 1. The third-order valence-electron chi connectivity index (χ3n) is 5.99. The number of benzene rings is 3. The molecule has 5 nitrogen and oxygen atoms in total. The molecule has 9 heteroatoms. The summed E-state index contributed by atoms with van der Waals surface area (Å²) in [5.74, 6) is -0.169. The normalized spacial score (nSPS) is 13.7. The lowest BCUT2D eigenvalue weighted by atomic mass is 9.99.